The lowest BCUT2D eigenvalue weighted by Crippen LogP contribution is -2.29. The fourth-order valence-corrected chi connectivity index (χ4v) is 2.49. The minimum atomic E-state index is -4.90. The number of halogens is 3. The van der Waals surface area contributed by atoms with E-state index >= 15 is 0 Å². The molecule has 1 aromatic carbocycles. The molecule has 0 aliphatic rings. The highest BCUT2D eigenvalue weighted by Crippen LogP contribution is 2.24. The van der Waals surface area contributed by atoms with Gasteiger partial charge in [-0.05, 0) is 12.1 Å². The van der Waals surface area contributed by atoms with Crippen LogP contribution in [-0.2, 0) is 4.79 Å². The summed E-state index contributed by atoms with van der Waals surface area (Å²) < 4.78 is 38.3. The zero-order valence-electron chi connectivity index (χ0n) is 10.4. The van der Waals surface area contributed by atoms with Crippen LogP contribution in [0.1, 0.15) is 0 Å². The Morgan fingerprint density at radius 2 is 1.95 bits per heavy atom. The van der Waals surface area contributed by atoms with Crippen LogP contribution in [-0.4, -0.2) is 21.5 Å². The second-order valence-corrected chi connectivity index (χ2v) is 5.12. The van der Waals surface area contributed by atoms with Crippen molar-refractivity contribution in [3.05, 3.63) is 42.0 Å². The van der Waals surface area contributed by atoms with E-state index in [4.69, 9.17) is 0 Å². The zero-order valence-corrected chi connectivity index (χ0v) is 11.2. The number of nitrogens with one attached hydrogen (secondary N) is 1. The van der Waals surface area contributed by atoms with Crippen LogP contribution in [0.4, 0.5) is 18.9 Å². The number of anilines is 1. The molecule has 0 saturated heterocycles. The van der Waals surface area contributed by atoms with Gasteiger partial charge in [0, 0.05) is 29.0 Å². The number of amides is 1. The molecule has 0 unspecified atom stereocenters. The predicted molar refractivity (Wildman–Crippen MR) is 73.2 cm³/mol. The Morgan fingerprint density at radius 1 is 1.24 bits per heavy atom. The summed E-state index contributed by atoms with van der Waals surface area (Å²) in [4.78, 5) is 16.0. The fraction of sp³-hybridized carbons (Fsp3) is 0.0769. The standard InChI is InChI=1S/C13H8F3N3OS/c14-13(15,16)11(20)17-9-3-1-8(2-4-9)10-7-19-5-6-21-12(19)18-10/h1-7H,(H,17,20). The van der Waals surface area contributed by atoms with Gasteiger partial charge in [-0.3, -0.25) is 9.20 Å². The van der Waals surface area contributed by atoms with E-state index in [1.807, 2.05) is 22.2 Å². The summed E-state index contributed by atoms with van der Waals surface area (Å²) in [6, 6.07) is 6.04. The van der Waals surface area contributed by atoms with Crippen molar-refractivity contribution in [3.8, 4) is 11.3 Å². The number of hydrogen-bond donors (Lipinski definition) is 1. The molecule has 3 aromatic rings. The number of rotatable bonds is 2. The Balaban J connectivity index is 1.81. The normalized spacial score (nSPS) is 11.8. The molecule has 0 spiro atoms. The Labute approximate surface area is 120 Å². The topological polar surface area (TPSA) is 46.4 Å². The van der Waals surface area contributed by atoms with Crippen LogP contribution in [0, 0.1) is 0 Å². The van der Waals surface area contributed by atoms with Gasteiger partial charge in [-0.2, -0.15) is 13.2 Å². The number of hydrogen-bond acceptors (Lipinski definition) is 3. The van der Waals surface area contributed by atoms with Gasteiger partial charge in [-0.25, -0.2) is 4.98 Å². The summed E-state index contributed by atoms with van der Waals surface area (Å²) in [5.74, 6) is -1.99. The molecular weight excluding hydrogens is 303 g/mol. The van der Waals surface area contributed by atoms with Crippen LogP contribution in [0.5, 0.6) is 0 Å². The molecule has 0 fully saturated rings. The minimum absolute atomic E-state index is 0.0853. The van der Waals surface area contributed by atoms with E-state index < -0.39 is 12.1 Å². The summed E-state index contributed by atoms with van der Waals surface area (Å²) >= 11 is 1.49. The van der Waals surface area contributed by atoms with Gasteiger partial charge in [0.15, 0.2) is 4.96 Å². The number of imidazole rings is 1. The maximum atomic E-state index is 12.1. The predicted octanol–water partition coefficient (Wildman–Crippen LogP) is 3.56. The molecule has 0 atom stereocenters. The Morgan fingerprint density at radius 3 is 2.57 bits per heavy atom. The van der Waals surface area contributed by atoms with Crippen molar-refractivity contribution >= 4 is 27.9 Å². The molecule has 108 valence electrons. The summed E-state index contributed by atoms with van der Waals surface area (Å²) in [7, 11) is 0. The largest absolute Gasteiger partial charge is 0.471 e. The van der Waals surface area contributed by atoms with Crippen molar-refractivity contribution in [1.29, 1.82) is 0 Å². The maximum Gasteiger partial charge on any atom is 0.471 e. The molecule has 0 aliphatic carbocycles. The number of thiazole rings is 1. The summed E-state index contributed by atoms with van der Waals surface area (Å²) in [5, 5.41) is 3.70. The molecule has 0 aliphatic heterocycles. The molecule has 0 radical (unpaired) electrons. The zero-order chi connectivity index (χ0) is 15.0. The van der Waals surface area contributed by atoms with Crippen molar-refractivity contribution in [2.45, 2.75) is 6.18 Å². The number of alkyl halides is 3. The molecule has 1 N–H and O–H groups in total. The molecule has 3 rings (SSSR count). The number of carbonyl (C=O) groups excluding carboxylic acids is 1. The van der Waals surface area contributed by atoms with Gasteiger partial charge < -0.3 is 5.32 Å². The first kappa shape index (κ1) is 13.6. The van der Waals surface area contributed by atoms with Crippen LogP contribution >= 0.6 is 11.3 Å². The summed E-state index contributed by atoms with van der Waals surface area (Å²) in [6.07, 6.45) is -1.20. The SMILES string of the molecule is O=C(Nc1ccc(-c2cn3ccsc3n2)cc1)C(F)(F)F. The van der Waals surface area contributed by atoms with Gasteiger partial charge in [0.05, 0.1) is 5.69 Å². The third-order valence-corrected chi connectivity index (χ3v) is 3.56. The van der Waals surface area contributed by atoms with Crippen molar-refractivity contribution in [1.82, 2.24) is 9.38 Å². The molecule has 0 bridgehead atoms. The highest BCUT2D eigenvalue weighted by atomic mass is 32.1. The van der Waals surface area contributed by atoms with Gasteiger partial charge in [-0.15, -0.1) is 11.3 Å². The van der Waals surface area contributed by atoms with Gasteiger partial charge in [0.25, 0.3) is 0 Å². The number of aromatic nitrogens is 2. The quantitative estimate of drug-likeness (QED) is 0.786. The summed E-state index contributed by atoms with van der Waals surface area (Å²) in [5.41, 5.74) is 1.56. The number of benzene rings is 1. The maximum absolute atomic E-state index is 12.1. The smallest absolute Gasteiger partial charge is 0.318 e. The molecule has 1 amide bonds. The van der Waals surface area contributed by atoms with Crippen LogP contribution in [0.15, 0.2) is 42.0 Å². The van der Waals surface area contributed by atoms with E-state index in [1.54, 1.807) is 17.4 Å². The average molecular weight is 311 g/mol. The van der Waals surface area contributed by atoms with Crippen LogP contribution in [0.25, 0.3) is 16.2 Å². The lowest BCUT2D eigenvalue weighted by atomic mass is 10.1. The minimum Gasteiger partial charge on any atom is -0.318 e. The number of fused-ring (bicyclic) bond motifs is 1. The molecular formula is C13H8F3N3OS. The molecule has 8 heteroatoms. The first-order valence-corrected chi connectivity index (χ1v) is 6.72. The molecule has 2 aromatic heterocycles. The second kappa shape index (κ2) is 4.88. The van der Waals surface area contributed by atoms with E-state index in [-0.39, 0.29) is 5.69 Å². The van der Waals surface area contributed by atoms with Gasteiger partial charge in [0.2, 0.25) is 0 Å². The lowest BCUT2D eigenvalue weighted by Gasteiger charge is -2.08. The highest BCUT2D eigenvalue weighted by molar-refractivity contribution is 7.15. The third kappa shape index (κ3) is 2.75. The second-order valence-electron chi connectivity index (χ2n) is 4.25. The van der Waals surface area contributed by atoms with Crippen molar-refractivity contribution in [2.75, 3.05) is 5.32 Å². The Hall–Kier alpha value is -2.35. The fourth-order valence-electron chi connectivity index (χ4n) is 1.79. The van der Waals surface area contributed by atoms with E-state index in [1.165, 1.54) is 23.5 Å². The van der Waals surface area contributed by atoms with Crippen LogP contribution in [0.3, 0.4) is 0 Å². The van der Waals surface area contributed by atoms with E-state index in [2.05, 4.69) is 4.98 Å². The molecule has 4 nitrogen and oxygen atoms in total. The molecule has 2 heterocycles. The van der Waals surface area contributed by atoms with Crippen molar-refractivity contribution in [2.24, 2.45) is 0 Å². The van der Waals surface area contributed by atoms with E-state index in [9.17, 15) is 18.0 Å². The van der Waals surface area contributed by atoms with Crippen molar-refractivity contribution in [3.63, 3.8) is 0 Å². The van der Waals surface area contributed by atoms with Crippen LogP contribution in [0.2, 0.25) is 0 Å². The highest BCUT2D eigenvalue weighted by Gasteiger charge is 2.38. The van der Waals surface area contributed by atoms with Crippen molar-refractivity contribution < 1.29 is 18.0 Å². The summed E-state index contributed by atoms with van der Waals surface area (Å²) in [6.45, 7) is 0. The van der Waals surface area contributed by atoms with Crippen LogP contribution < -0.4 is 5.32 Å². The Bertz CT molecular complexity index is 760. The van der Waals surface area contributed by atoms with E-state index in [0.29, 0.717) is 0 Å². The average Bonchev–Trinajstić information content (AvgIpc) is 2.99. The number of carbonyl (C=O) groups is 1. The Kier molecular flexibility index (Phi) is 3.17. The van der Waals surface area contributed by atoms with Gasteiger partial charge >= 0.3 is 12.1 Å². The van der Waals surface area contributed by atoms with E-state index in [0.717, 1.165) is 16.2 Å². The molecule has 21 heavy (non-hydrogen) atoms. The van der Waals surface area contributed by atoms with Gasteiger partial charge in [0.1, 0.15) is 0 Å². The molecule has 0 saturated carbocycles. The first-order chi connectivity index (χ1) is 9.93. The lowest BCUT2D eigenvalue weighted by molar-refractivity contribution is -0.167. The number of nitrogens with zero attached hydrogens (tertiary/aromatic N) is 2. The van der Waals surface area contributed by atoms with Gasteiger partial charge in [-0.1, -0.05) is 12.1 Å². The third-order valence-electron chi connectivity index (χ3n) is 2.79. The first-order valence-electron chi connectivity index (χ1n) is 5.84. The monoisotopic (exact) mass is 311 g/mol.